The number of nitrogens with one attached hydrogen (secondary N) is 3. The van der Waals surface area contributed by atoms with E-state index in [1.54, 1.807) is 0 Å². The van der Waals surface area contributed by atoms with Crippen LogP contribution in [0.1, 0.15) is 30.6 Å². The topological polar surface area (TPSA) is 59.0 Å². The Labute approximate surface area is 136 Å². The van der Waals surface area contributed by atoms with Crippen LogP contribution in [0.4, 0.5) is 0 Å². The zero-order chi connectivity index (χ0) is 16.2. The average Bonchev–Trinajstić information content (AvgIpc) is 3.02. The van der Waals surface area contributed by atoms with Crippen molar-refractivity contribution in [3.05, 3.63) is 54.4 Å². The molecular weight excluding hydrogens is 286 g/mol. The van der Waals surface area contributed by atoms with Crippen LogP contribution in [0.3, 0.4) is 0 Å². The lowest BCUT2D eigenvalue weighted by Crippen LogP contribution is -2.25. The van der Waals surface area contributed by atoms with Crippen LogP contribution in [0.5, 0.6) is 0 Å². The minimum absolute atomic E-state index is 0.00940. The molecule has 0 radical (unpaired) electrons. The molecule has 0 saturated carbocycles. The second-order valence-electron chi connectivity index (χ2n) is 6.21. The first kappa shape index (κ1) is 15.3. The average molecular weight is 308 g/mol. The minimum atomic E-state index is -0.00940. The summed E-state index contributed by atoms with van der Waals surface area (Å²) in [6.45, 7) is 5.02. The maximum Gasteiger partial charge on any atom is 0.284 e. The van der Waals surface area contributed by atoms with Gasteiger partial charge in [0.05, 0.1) is 17.8 Å². The molecule has 0 aliphatic heterocycles. The van der Waals surface area contributed by atoms with Gasteiger partial charge in [-0.15, -0.1) is 0 Å². The summed E-state index contributed by atoms with van der Waals surface area (Å²) >= 11 is 0. The minimum Gasteiger partial charge on any atom is -0.352 e. The van der Waals surface area contributed by atoms with E-state index < -0.39 is 0 Å². The van der Waals surface area contributed by atoms with Crippen LogP contribution in [0, 0.1) is 5.92 Å². The van der Waals surface area contributed by atoms with Gasteiger partial charge in [0.1, 0.15) is 0 Å². The monoisotopic (exact) mass is 308 g/mol. The third kappa shape index (κ3) is 3.59. The van der Waals surface area contributed by atoms with Gasteiger partial charge in [-0.3, -0.25) is 4.79 Å². The van der Waals surface area contributed by atoms with Crippen molar-refractivity contribution in [3.63, 3.8) is 0 Å². The van der Waals surface area contributed by atoms with Gasteiger partial charge in [0.2, 0.25) is 0 Å². The van der Waals surface area contributed by atoms with Crippen molar-refractivity contribution in [2.75, 3.05) is 6.54 Å². The smallest absolute Gasteiger partial charge is 0.284 e. The fourth-order valence-corrected chi connectivity index (χ4v) is 2.54. The molecule has 4 nitrogen and oxygen atoms in total. The van der Waals surface area contributed by atoms with E-state index >= 15 is 0 Å². The van der Waals surface area contributed by atoms with Gasteiger partial charge in [0.25, 0.3) is 11.6 Å². The molecule has 0 aliphatic carbocycles. The van der Waals surface area contributed by atoms with Gasteiger partial charge in [-0.05, 0) is 42.2 Å². The van der Waals surface area contributed by atoms with Crippen LogP contribution >= 0.6 is 0 Å². The van der Waals surface area contributed by atoms with E-state index in [2.05, 4.69) is 35.2 Å². The normalized spacial score (nSPS) is 11.1. The molecule has 1 aromatic carbocycles. The summed E-state index contributed by atoms with van der Waals surface area (Å²) in [5.41, 5.74) is 3.89. The Kier molecular flexibility index (Phi) is 4.42. The molecule has 23 heavy (non-hydrogen) atoms. The number of H-pyrrole nitrogens is 2. The molecule has 0 atom stereocenters. The molecule has 0 fully saturated rings. The molecule has 3 aromatic rings. The molecule has 3 rings (SSSR count). The SMILES string of the molecule is CC(C)CCNC(=O)c1ccc(-c2c[nH+]c3[nH]ccc3c2)cc1. The zero-order valence-electron chi connectivity index (χ0n) is 13.5. The van der Waals surface area contributed by atoms with E-state index in [-0.39, 0.29) is 5.91 Å². The molecule has 0 aliphatic rings. The molecule has 1 amide bonds. The first-order valence-corrected chi connectivity index (χ1v) is 8.01. The molecule has 0 bridgehead atoms. The highest BCUT2D eigenvalue weighted by molar-refractivity contribution is 5.94. The first-order chi connectivity index (χ1) is 11.1. The van der Waals surface area contributed by atoms with Crippen molar-refractivity contribution in [2.45, 2.75) is 20.3 Å². The summed E-state index contributed by atoms with van der Waals surface area (Å²) in [4.78, 5) is 18.5. The fraction of sp³-hybridized carbons (Fsp3) is 0.263. The Hall–Kier alpha value is -2.62. The van der Waals surface area contributed by atoms with Crippen LogP contribution in [0.25, 0.3) is 22.2 Å². The van der Waals surface area contributed by atoms with Crippen molar-refractivity contribution in [1.29, 1.82) is 0 Å². The number of benzene rings is 1. The van der Waals surface area contributed by atoms with Crippen molar-refractivity contribution in [2.24, 2.45) is 5.92 Å². The van der Waals surface area contributed by atoms with E-state index in [0.717, 1.165) is 35.1 Å². The number of carbonyl (C=O) groups is 1. The third-order valence-electron chi connectivity index (χ3n) is 3.95. The largest absolute Gasteiger partial charge is 0.352 e. The van der Waals surface area contributed by atoms with Gasteiger partial charge in [-0.2, -0.15) is 0 Å². The van der Waals surface area contributed by atoms with Crippen LogP contribution in [0.15, 0.2) is 48.8 Å². The molecule has 2 heterocycles. The Balaban J connectivity index is 1.72. The van der Waals surface area contributed by atoms with E-state index in [1.165, 1.54) is 0 Å². The van der Waals surface area contributed by atoms with Gasteiger partial charge >= 0.3 is 0 Å². The molecular formula is C19H22N3O+. The number of pyridine rings is 1. The van der Waals surface area contributed by atoms with Gasteiger partial charge < -0.3 is 5.32 Å². The highest BCUT2D eigenvalue weighted by atomic mass is 16.1. The summed E-state index contributed by atoms with van der Waals surface area (Å²) < 4.78 is 0. The Morgan fingerprint density at radius 3 is 2.70 bits per heavy atom. The lowest BCUT2D eigenvalue weighted by Gasteiger charge is -2.08. The number of carbonyl (C=O) groups excluding carboxylic acids is 1. The number of fused-ring (bicyclic) bond motifs is 1. The molecule has 2 aromatic heterocycles. The van der Waals surface area contributed by atoms with E-state index in [4.69, 9.17) is 0 Å². The standard InChI is InChI=1S/C19H21N3O/c1-13(2)7-9-21-19(23)15-5-3-14(4-6-15)17-11-16-8-10-20-18(16)22-12-17/h3-6,8,10-13H,7,9H2,1-2H3,(H,20,22)(H,21,23)/p+1. The van der Waals surface area contributed by atoms with Crippen LogP contribution in [0.2, 0.25) is 0 Å². The van der Waals surface area contributed by atoms with Gasteiger partial charge in [-0.25, -0.2) is 9.97 Å². The quantitative estimate of drug-likeness (QED) is 0.745. The molecule has 0 spiro atoms. The Bertz CT molecular complexity index is 803. The second-order valence-corrected chi connectivity index (χ2v) is 6.21. The summed E-state index contributed by atoms with van der Waals surface area (Å²) in [7, 11) is 0. The molecule has 0 unspecified atom stereocenters. The van der Waals surface area contributed by atoms with E-state index in [9.17, 15) is 4.79 Å². The van der Waals surface area contributed by atoms with Gasteiger partial charge in [-0.1, -0.05) is 26.0 Å². The van der Waals surface area contributed by atoms with Gasteiger partial charge in [0, 0.05) is 17.7 Å². The second kappa shape index (κ2) is 6.65. The van der Waals surface area contributed by atoms with Gasteiger partial charge in [0.15, 0.2) is 0 Å². The van der Waals surface area contributed by atoms with Crippen molar-refractivity contribution >= 4 is 16.9 Å². The lowest BCUT2D eigenvalue weighted by molar-refractivity contribution is -0.346. The van der Waals surface area contributed by atoms with Crippen molar-refractivity contribution in [3.8, 4) is 11.1 Å². The number of aromatic nitrogens is 2. The summed E-state index contributed by atoms with van der Waals surface area (Å²) in [5.74, 6) is 0.585. The first-order valence-electron chi connectivity index (χ1n) is 8.01. The number of rotatable bonds is 5. The highest BCUT2D eigenvalue weighted by Crippen LogP contribution is 2.21. The van der Waals surface area contributed by atoms with Crippen molar-refractivity contribution < 1.29 is 9.78 Å². The maximum absolute atomic E-state index is 12.1. The Morgan fingerprint density at radius 2 is 1.96 bits per heavy atom. The number of hydrogen-bond acceptors (Lipinski definition) is 1. The zero-order valence-corrected chi connectivity index (χ0v) is 13.5. The molecule has 118 valence electrons. The van der Waals surface area contributed by atoms with Crippen molar-refractivity contribution in [1.82, 2.24) is 10.3 Å². The third-order valence-corrected chi connectivity index (χ3v) is 3.95. The van der Waals surface area contributed by atoms with Crippen LogP contribution in [-0.4, -0.2) is 17.4 Å². The summed E-state index contributed by atoms with van der Waals surface area (Å²) in [6, 6.07) is 11.9. The maximum atomic E-state index is 12.1. The van der Waals surface area contributed by atoms with E-state index in [0.29, 0.717) is 11.5 Å². The highest BCUT2D eigenvalue weighted by Gasteiger charge is 2.08. The number of hydrogen-bond donors (Lipinski definition) is 2. The lowest BCUT2D eigenvalue weighted by atomic mass is 10.0. The predicted molar refractivity (Wildman–Crippen MR) is 92.1 cm³/mol. The predicted octanol–water partition coefficient (Wildman–Crippen LogP) is 3.42. The number of amides is 1. The number of aromatic amines is 2. The fourth-order valence-electron chi connectivity index (χ4n) is 2.54. The summed E-state index contributed by atoms with van der Waals surface area (Å²) in [6.07, 6.45) is 4.88. The Morgan fingerprint density at radius 1 is 1.17 bits per heavy atom. The van der Waals surface area contributed by atoms with Crippen LogP contribution in [-0.2, 0) is 0 Å². The summed E-state index contributed by atoms with van der Waals surface area (Å²) in [5, 5.41) is 4.10. The van der Waals surface area contributed by atoms with E-state index in [1.807, 2.05) is 42.7 Å². The molecule has 4 heteroatoms. The van der Waals surface area contributed by atoms with Crippen LogP contribution < -0.4 is 10.3 Å². The molecule has 3 N–H and O–H groups in total. The molecule has 0 saturated heterocycles.